The fourth-order valence-electron chi connectivity index (χ4n) is 4.63. The van der Waals surface area contributed by atoms with Crippen molar-refractivity contribution in [2.75, 3.05) is 42.9 Å². The van der Waals surface area contributed by atoms with Gasteiger partial charge in [0.15, 0.2) is 0 Å². The summed E-state index contributed by atoms with van der Waals surface area (Å²) in [5, 5.41) is 12.5. The molecule has 0 spiro atoms. The van der Waals surface area contributed by atoms with Crippen molar-refractivity contribution in [1.82, 2.24) is 4.90 Å². The van der Waals surface area contributed by atoms with Gasteiger partial charge in [-0.2, -0.15) is 0 Å². The Bertz CT molecular complexity index is 942. The number of halogens is 1. The van der Waals surface area contributed by atoms with Crippen LogP contribution in [0.25, 0.3) is 0 Å². The number of benzene rings is 2. The average molecular weight is 426 g/mol. The van der Waals surface area contributed by atoms with E-state index in [1.807, 2.05) is 0 Å². The molecule has 164 valence electrons. The second-order valence-corrected chi connectivity index (χ2v) is 8.46. The van der Waals surface area contributed by atoms with Crippen molar-refractivity contribution in [3.63, 3.8) is 0 Å². The molecule has 4 rings (SSSR count). The van der Waals surface area contributed by atoms with Crippen molar-refractivity contribution in [2.45, 2.75) is 25.7 Å². The Labute approximate surface area is 181 Å². The number of piperidine rings is 1. The molecule has 1 amide bonds. The lowest BCUT2D eigenvalue weighted by molar-refractivity contribution is 0.0697. The minimum absolute atomic E-state index is 0.179. The molecule has 2 heterocycles. The highest BCUT2D eigenvalue weighted by atomic mass is 19.1. The van der Waals surface area contributed by atoms with E-state index in [0.717, 1.165) is 26.1 Å². The molecule has 0 bridgehead atoms. The van der Waals surface area contributed by atoms with Gasteiger partial charge in [0, 0.05) is 30.9 Å². The molecule has 6 nitrogen and oxygen atoms in total. The first kappa shape index (κ1) is 21.3. The van der Waals surface area contributed by atoms with E-state index in [4.69, 9.17) is 0 Å². The first-order valence-electron chi connectivity index (χ1n) is 10.9. The van der Waals surface area contributed by atoms with Crippen LogP contribution in [-0.2, 0) is 0 Å². The van der Waals surface area contributed by atoms with Crippen molar-refractivity contribution in [2.24, 2.45) is 5.92 Å². The second kappa shape index (κ2) is 9.47. The molecule has 2 N–H and O–H groups in total. The van der Waals surface area contributed by atoms with Gasteiger partial charge in [0.05, 0.1) is 11.3 Å². The summed E-state index contributed by atoms with van der Waals surface area (Å²) in [7, 11) is 0. The Morgan fingerprint density at radius 1 is 1.03 bits per heavy atom. The molecular formula is C24H28FN3O3. The lowest BCUT2D eigenvalue weighted by atomic mass is 9.96. The van der Waals surface area contributed by atoms with E-state index >= 15 is 0 Å². The standard InChI is InChI=1S/C24H28FN3O3/c25-19-7-5-18(6-8-19)23(29)26-20-9-10-22(21(14-20)24(30)31)28-13-3-4-17(16-28)15-27-11-1-2-12-27/h5-10,14,17H,1-4,11-13,15-16H2,(H,26,29)(H,30,31)/t17-/m0/s1. The van der Waals surface area contributed by atoms with E-state index in [2.05, 4.69) is 15.1 Å². The van der Waals surface area contributed by atoms with Crippen molar-refractivity contribution >= 4 is 23.3 Å². The Morgan fingerprint density at radius 3 is 2.48 bits per heavy atom. The van der Waals surface area contributed by atoms with E-state index in [1.54, 1.807) is 12.1 Å². The van der Waals surface area contributed by atoms with E-state index < -0.39 is 17.7 Å². The summed E-state index contributed by atoms with van der Waals surface area (Å²) in [6, 6.07) is 10.2. The van der Waals surface area contributed by atoms with Crippen LogP contribution in [0.2, 0.25) is 0 Å². The molecule has 1 atom stereocenters. The van der Waals surface area contributed by atoms with Crippen LogP contribution in [0.1, 0.15) is 46.4 Å². The maximum Gasteiger partial charge on any atom is 0.337 e. The number of carbonyl (C=O) groups is 2. The first-order chi connectivity index (χ1) is 15.0. The van der Waals surface area contributed by atoms with Crippen LogP contribution < -0.4 is 10.2 Å². The number of hydrogen-bond acceptors (Lipinski definition) is 4. The molecule has 0 unspecified atom stereocenters. The van der Waals surface area contributed by atoms with Gasteiger partial charge in [0.1, 0.15) is 5.82 Å². The molecule has 2 aliphatic heterocycles. The number of likely N-dealkylation sites (tertiary alicyclic amines) is 1. The number of aromatic carboxylic acids is 1. The van der Waals surface area contributed by atoms with Crippen molar-refractivity contribution in [3.05, 3.63) is 59.4 Å². The summed E-state index contributed by atoms with van der Waals surface area (Å²) in [6.07, 6.45) is 4.75. The Morgan fingerprint density at radius 2 is 1.77 bits per heavy atom. The zero-order valence-corrected chi connectivity index (χ0v) is 17.5. The zero-order chi connectivity index (χ0) is 21.8. The predicted octanol–water partition coefficient (Wildman–Crippen LogP) is 4.09. The topological polar surface area (TPSA) is 72.9 Å². The van der Waals surface area contributed by atoms with E-state index in [9.17, 15) is 19.1 Å². The van der Waals surface area contributed by atoms with Gasteiger partial charge in [-0.15, -0.1) is 0 Å². The van der Waals surface area contributed by atoms with Crippen molar-refractivity contribution in [3.8, 4) is 0 Å². The molecule has 2 saturated heterocycles. The van der Waals surface area contributed by atoms with E-state index in [1.165, 1.54) is 62.7 Å². The maximum atomic E-state index is 13.1. The number of anilines is 2. The number of carboxylic acids is 1. The lowest BCUT2D eigenvalue weighted by Crippen LogP contribution is -2.41. The molecule has 31 heavy (non-hydrogen) atoms. The lowest BCUT2D eigenvalue weighted by Gasteiger charge is -2.36. The third kappa shape index (κ3) is 5.22. The number of amides is 1. The number of rotatable bonds is 6. The zero-order valence-electron chi connectivity index (χ0n) is 17.5. The van der Waals surface area contributed by atoms with Crippen LogP contribution in [0.4, 0.5) is 15.8 Å². The third-order valence-corrected chi connectivity index (χ3v) is 6.17. The Kier molecular flexibility index (Phi) is 6.51. The normalized spacial score (nSPS) is 19.4. The van der Waals surface area contributed by atoms with Crippen LogP contribution in [0.5, 0.6) is 0 Å². The molecule has 0 radical (unpaired) electrons. The fourth-order valence-corrected chi connectivity index (χ4v) is 4.63. The first-order valence-corrected chi connectivity index (χ1v) is 10.9. The molecule has 2 aliphatic rings. The molecule has 0 saturated carbocycles. The largest absolute Gasteiger partial charge is 0.478 e. The molecule has 0 aromatic heterocycles. The summed E-state index contributed by atoms with van der Waals surface area (Å²) in [6.45, 7) is 5.08. The van der Waals surface area contributed by atoms with Gasteiger partial charge in [-0.05, 0) is 87.2 Å². The van der Waals surface area contributed by atoms with Crippen molar-refractivity contribution < 1.29 is 19.1 Å². The van der Waals surface area contributed by atoms with Crippen molar-refractivity contribution in [1.29, 1.82) is 0 Å². The van der Waals surface area contributed by atoms with Gasteiger partial charge < -0.3 is 20.2 Å². The number of hydrogen-bond donors (Lipinski definition) is 2. The predicted molar refractivity (Wildman–Crippen MR) is 118 cm³/mol. The van der Waals surface area contributed by atoms with Crippen LogP contribution in [0, 0.1) is 11.7 Å². The average Bonchev–Trinajstić information content (AvgIpc) is 3.27. The summed E-state index contributed by atoms with van der Waals surface area (Å²) >= 11 is 0. The molecule has 0 aliphatic carbocycles. The molecule has 2 fully saturated rings. The smallest absolute Gasteiger partial charge is 0.337 e. The summed E-state index contributed by atoms with van der Waals surface area (Å²) < 4.78 is 13.1. The molecule has 2 aromatic carbocycles. The second-order valence-electron chi connectivity index (χ2n) is 8.46. The van der Waals surface area contributed by atoms with Gasteiger partial charge in [-0.1, -0.05) is 0 Å². The fraction of sp³-hybridized carbons (Fsp3) is 0.417. The number of carboxylic acid groups (broad SMARTS) is 1. The monoisotopic (exact) mass is 425 g/mol. The molecular weight excluding hydrogens is 397 g/mol. The van der Waals surface area contributed by atoms with Crippen LogP contribution in [0.15, 0.2) is 42.5 Å². The number of nitrogens with one attached hydrogen (secondary N) is 1. The summed E-state index contributed by atoms with van der Waals surface area (Å²) in [5.74, 6) is -1.31. The Hall–Kier alpha value is -2.93. The third-order valence-electron chi connectivity index (χ3n) is 6.17. The highest BCUT2D eigenvalue weighted by Gasteiger charge is 2.26. The van der Waals surface area contributed by atoms with Crippen LogP contribution in [-0.4, -0.2) is 54.6 Å². The van der Waals surface area contributed by atoms with Gasteiger partial charge >= 0.3 is 5.97 Å². The minimum atomic E-state index is -1.02. The van der Waals surface area contributed by atoms with Gasteiger partial charge in [0.2, 0.25) is 0 Å². The van der Waals surface area contributed by atoms with Gasteiger partial charge in [-0.25, -0.2) is 9.18 Å². The van der Waals surface area contributed by atoms with Gasteiger partial charge in [-0.3, -0.25) is 4.79 Å². The molecule has 2 aromatic rings. The Balaban J connectivity index is 1.48. The van der Waals surface area contributed by atoms with E-state index in [0.29, 0.717) is 22.9 Å². The van der Waals surface area contributed by atoms with Crippen LogP contribution in [0.3, 0.4) is 0 Å². The SMILES string of the molecule is O=C(Nc1ccc(N2CCC[C@@H](CN3CCCC3)C2)c(C(=O)O)c1)c1ccc(F)cc1. The highest BCUT2D eigenvalue weighted by Crippen LogP contribution is 2.30. The summed E-state index contributed by atoms with van der Waals surface area (Å²) in [4.78, 5) is 29.1. The number of nitrogens with zero attached hydrogens (tertiary/aromatic N) is 2. The van der Waals surface area contributed by atoms with Crippen LogP contribution >= 0.6 is 0 Å². The minimum Gasteiger partial charge on any atom is -0.478 e. The molecule has 7 heteroatoms. The van der Waals surface area contributed by atoms with Gasteiger partial charge in [0.25, 0.3) is 5.91 Å². The maximum absolute atomic E-state index is 13.1. The highest BCUT2D eigenvalue weighted by molar-refractivity contribution is 6.05. The summed E-state index contributed by atoms with van der Waals surface area (Å²) in [5.41, 5.74) is 1.58. The number of carbonyl (C=O) groups excluding carboxylic acids is 1. The van der Waals surface area contributed by atoms with E-state index in [-0.39, 0.29) is 5.56 Å². The quantitative estimate of drug-likeness (QED) is 0.729.